The van der Waals surface area contributed by atoms with E-state index in [1.54, 1.807) is 6.20 Å². The van der Waals surface area contributed by atoms with Gasteiger partial charge in [0.1, 0.15) is 18.1 Å². The Hall–Kier alpha value is -3.43. The molecular weight excluding hydrogens is 425 g/mol. The Kier molecular flexibility index (Phi) is 7.70. The van der Waals surface area contributed by atoms with Crippen molar-refractivity contribution in [3.8, 4) is 11.5 Å². The molecule has 3 aromatic rings. The molecule has 0 spiro atoms. The molecule has 9 nitrogen and oxygen atoms in total. The number of hydrogen-bond donors (Lipinski definition) is 1. The number of pyridine rings is 1. The average Bonchev–Trinajstić information content (AvgIpc) is 2.70. The van der Waals surface area contributed by atoms with Gasteiger partial charge in [0, 0.05) is 30.5 Å². The SMILES string of the molecule is O=[N+]([O-])c1ccc(O)c(Cl)c1.O=[N+]([O-])c1ccc(OCc2ccccn2)c(Cl)c1. The van der Waals surface area contributed by atoms with Crippen molar-refractivity contribution in [2.45, 2.75) is 6.61 Å². The molecule has 0 fully saturated rings. The van der Waals surface area contributed by atoms with E-state index >= 15 is 0 Å². The van der Waals surface area contributed by atoms with Crippen LogP contribution in [0.3, 0.4) is 0 Å². The van der Waals surface area contributed by atoms with Crippen molar-refractivity contribution in [3.63, 3.8) is 0 Å². The number of nitrogens with zero attached hydrogens (tertiary/aromatic N) is 3. The zero-order valence-electron chi connectivity index (χ0n) is 14.6. The van der Waals surface area contributed by atoms with Crippen LogP contribution in [-0.2, 0) is 6.61 Å². The maximum Gasteiger partial charge on any atom is 0.271 e. The summed E-state index contributed by atoms with van der Waals surface area (Å²) in [6.07, 6.45) is 1.66. The molecule has 0 amide bonds. The summed E-state index contributed by atoms with van der Waals surface area (Å²) in [4.78, 5) is 23.7. The number of phenols is 1. The summed E-state index contributed by atoms with van der Waals surface area (Å²) >= 11 is 11.3. The van der Waals surface area contributed by atoms with Gasteiger partial charge >= 0.3 is 0 Å². The number of aromatic hydroxyl groups is 1. The number of aromatic nitrogens is 1. The molecule has 0 unspecified atom stereocenters. The topological polar surface area (TPSA) is 129 Å². The minimum atomic E-state index is -0.578. The molecule has 2 aromatic carbocycles. The van der Waals surface area contributed by atoms with E-state index in [1.807, 2.05) is 18.2 Å². The molecule has 0 aliphatic rings. The molecule has 1 heterocycles. The summed E-state index contributed by atoms with van der Waals surface area (Å²) < 4.78 is 5.44. The van der Waals surface area contributed by atoms with Crippen LogP contribution >= 0.6 is 23.2 Å². The standard InChI is InChI=1S/C12H9ClN2O3.C6H4ClNO3/c13-11-7-10(15(16)17)4-5-12(11)18-8-9-3-1-2-6-14-9;7-5-3-4(8(10)11)1-2-6(5)9/h1-7H,8H2;1-3,9H. The fraction of sp³-hybridized carbons (Fsp3) is 0.0556. The van der Waals surface area contributed by atoms with Crippen molar-refractivity contribution in [1.29, 1.82) is 0 Å². The lowest BCUT2D eigenvalue weighted by molar-refractivity contribution is -0.385. The highest BCUT2D eigenvalue weighted by Gasteiger charge is 2.10. The number of non-ortho nitro benzene ring substituents is 2. The number of benzene rings is 2. The van der Waals surface area contributed by atoms with Gasteiger partial charge in [0.25, 0.3) is 11.4 Å². The molecule has 29 heavy (non-hydrogen) atoms. The first-order valence-corrected chi connectivity index (χ1v) is 8.63. The number of rotatable bonds is 5. The number of nitro benzene ring substituents is 2. The summed E-state index contributed by atoms with van der Waals surface area (Å²) in [5, 5.41) is 29.7. The second kappa shape index (κ2) is 10.2. The molecule has 1 aromatic heterocycles. The monoisotopic (exact) mass is 437 g/mol. The third kappa shape index (κ3) is 6.59. The van der Waals surface area contributed by atoms with Crippen LogP contribution in [0, 0.1) is 20.2 Å². The Morgan fingerprint density at radius 1 is 0.931 bits per heavy atom. The van der Waals surface area contributed by atoms with E-state index in [4.69, 9.17) is 33.0 Å². The van der Waals surface area contributed by atoms with E-state index in [9.17, 15) is 20.2 Å². The Morgan fingerprint density at radius 2 is 1.55 bits per heavy atom. The third-order valence-corrected chi connectivity index (χ3v) is 3.97. The van der Waals surface area contributed by atoms with E-state index in [0.29, 0.717) is 5.75 Å². The fourth-order valence-electron chi connectivity index (χ4n) is 1.96. The summed E-state index contributed by atoms with van der Waals surface area (Å²) in [5.41, 5.74) is 0.560. The van der Waals surface area contributed by atoms with E-state index in [-0.39, 0.29) is 33.8 Å². The molecule has 0 radical (unpaired) electrons. The number of halogens is 2. The molecule has 150 valence electrons. The molecule has 0 bridgehead atoms. The van der Waals surface area contributed by atoms with Crippen LogP contribution in [0.1, 0.15) is 5.69 Å². The van der Waals surface area contributed by atoms with Crippen molar-refractivity contribution < 1.29 is 19.7 Å². The van der Waals surface area contributed by atoms with Crippen LogP contribution in [0.2, 0.25) is 10.0 Å². The zero-order chi connectivity index (χ0) is 21.4. The van der Waals surface area contributed by atoms with Crippen LogP contribution in [0.15, 0.2) is 60.8 Å². The first-order chi connectivity index (χ1) is 13.8. The Bertz CT molecular complexity index is 1020. The molecule has 0 atom stereocenters. The van der Waals surface area contributed by atoms with E-state index in [0.717, 1.165) is 11.8 Å². The lowest BCUT2D eigenvalue weighted by Crippen LogP contribution is -1.98. The average molecular weight is 438 g/mol. The molecule has 11 heteroatoms. The number of ether oxygens (including phenoxy) is 1. The second-order valence-corrected chi connectivity index (χ2v) is 6.19. The van der Waals surface area contributed by atoms with Gasteiger partial charge in [0.15, 0.2) is 0 Å². The number of phenolic OH excluding ortho intramolecular Hbond substituents is 1. The molecule has 0 aliphatic heterocycles. The number of hydrogen-bond acceptors (Lipinski definition) is 7. The highest BCUT2D eigenvalue weighted by Crippen LogP contribution is 2.29. The Morgan fingerprint density at radius 3 is 2.07 bits per heavy atom. The summed E-state index contributed by atoms with van der Waals surface area (Å²) in [5.74, 6) is 0.241. The predicted octanol–water partition coefficient (Wildman–Crippen LogP) is 5.18. The van der Waals surface area contributed by atoms with Gasteiger partial charge in [0.05, 0.1) is 25.6 Å². The molecular formula is C18H13Cl2N3O6. The van der Waals surface area contributed by atoms with E-state index in [1.165, 1.54) is 30.3 Å². The van der Waals surface area contributed by atoms with Gasteiger partial charge in [-0.15, -0.1) is 0 Å². The van der Waals surface area contributed by atoms with E-state index in [2.05, 4.69) is 4.98 Å². The summed E-state index contributed by atoms with van der Waals surface area (Å²) in [6.45, 7) is 0.262. The predicted molar refractivity (Wildman–Crippen MR) is 106 cm³/mol. The molecule has 0 saturated carbocycles. The van der Waals surface area contributed by atoms with Crippen LogP contribution in [0.4, 0.5) is 11.4 Å². The van der Waals surface area contributed by atoms with Crippen molar-refractivity contribution >= 4 is 34.6 Å². The van der Waals surface area contributed by atoms with Crippen LogP contribution in [0.25, 0.3) is 0 Å². The first-order valence-electron chi connectivity index (χ1n) is 7.87. The van der Waals surface area contributed by atoms with E-state index < -0.39 is 9.85 Å². The van der Waals surface area contributed by atoms with Crippen LogP contribution in [0.5, 0.6) is 11.5 Å². The van der Waals surface area contributed by atoms with Gasteiger partial charge in [-0.3, -0.25) is 25.2 Å². The number of nitro groups is 2. The quantitative estimate of drug-likeness (QED) is 0.429. The minimum absolute atomic E-state index is 0.0146. The van der Waals surface area contributed by atoms with Gasteiger partial charge < -0.3 is 9.84 Å². The maximum absolute atomic E-state index is 10.5. The molecule has 0 aliphatic carbocycles. The van der Waals surface area contributed by atoms with Crippen molar-refractivity contribution in [2.24, 2.45) is 0 Å². The van der Waals surface area contributed by atoms with Gasteiger partial charge in [-0.05, 0) is 24.3 Å². The zero-order valence-corrected chi connectivity index (χ0v) is 16.1. The van der Waals surface area contributed by atoms with Gasteiger partial charge in [0.2, 0.25) is 0 Å². The Balaban J connectivity index is 0.000000234. The molecule has 1 N–H and O–H groups in total. The molecule has 0 saturated heterocycles. The highest BCUT2D eigenvalue weighted by atomic mass is 35.5. The van der Waals surface area contributed by atoms with Crippen LogP contribution < -0.4 is 4.74 Å². The van der Waals surface area contributed by atoms with Gasteiger partial charge in [-0.1, -0.05) is 29.3 Å². The first kappa shape index (κ1) is 21.9. The third-order valence-electron chi connectivity index (χ3n) is 3.37. The highest BCUT2D eigenvalue weighted by molar-refractivity contribution is 6.32. The van der Waals surface area contributed by atoms with Crippen molar-refractivity contribution in [2.75, 3.05) is 0 Å². The maximum atomic E-state index is 10.5. The summed E-state index contributed by atoms with van der Waals surface area (Å²) in [6, 6.07) is 13.0. The lowest BCUT2D eigenvalue weighted by atomic mass is 10.3. The minimum Gasteiger partial charge on any atom is -0.506 e. The fourth-order valence-corrected chi connectivity index (χ4v) is 2.37. The lowest BCUT2D eigenvalue weighted by Gasteiger charge is -2.07. The summed E-state index contributed by atoms with van der Waals surface area (Å²) in [7, 11) is 0. The van der Waals surface area contributed by atoms with Gasteiger partial charge in [-0.2, -0.15) is 0 Å². The van der Waals surface area contributed by atoms with Crippen molar-refractivity contribution in [3.05, 3.63) is 96.8 Å². The second-order valence-electron chi connectivity index (χ2n) is 5.37. The van der Waals surface area contributed by atoms with Crippen molar-refractivity contribution in [1.82, 2.24) is 4.98 Å². The normalized spacial score (nSPS) is 9.86. The van der Waals surface area contributed by atoms with Gasteiger partial charge in [-0.25, -0.2) is 0 Å². The largest absolute Gasteiger partial charge is 0.506 e. The Labute approximate surface area is 174 Å². The van der Waals surface area contributed by atoms with Crippen LogP contribution in [-0.4, -0.2) is 19.9 Å². The molecule has 3 rings (SSSR count). The smallest absolute Gasteiger partial charge is 0.271 e.